The Morgan fingerprint density at radius 1 is 1.42 bits per heavy atom. The van der Waals surface area contributed by atoms with E-state index in [1.54, 1.807) is 11.8 Å². The molecule has 0 unspecified atom stereocenters. The highest BCUT2D eigenvalue weighted by atomic mass is 79.9. The average Bonchev–Trinajstić information content (AvgIpc) is 2.03. The van der Waals surface area contributed by atoms with Gasteiger partial charge in [0, 0.05) is 27.4 Å². The molecule has 0 atom stereocenters. The largest absolute Gasteiger partial charge is 0.398 e. The zero-order valence-corrected chi connectivity index (χ0v) is 8.99. The molecule has 0 aliphatic carbocycles. The number of benzene rings is 1. The molecule has 0 bridgehead atoms. The first-order valence-electron chi connectivity index (χ1n) is 3.62. The molecular weight excluding hydrogens is 236 g/mol. The van der Waals surface area contributed by atoms with Gasteiger partial charge in [0.1, 0.15) is 0 Å². The summed E-state index contributed by atoms with van der Waals surface area (Å²) in [5.41, 5.74) is 12.0. The molecule has 0 amide bonds. The van der Waals surface area contributed by atoms with E-state index in [9.17, 15) is 0 Å². The summed E-state index contributed by atoms with van der Waals surface area (Å²) in [6.45, 7) is 0.681. The van der Waals surface area contributed by atoms with E-state index in [1.807, 2.05) is 18.2 Å². The van der Waals surface area contributed by atoms with E-state index < -0.39 is 0 Å². The summed E-state index contributed by atoms with van der Waals surface area (Å²) >= 11 is 5.04. The molecule has 0 saturated carbocycles. The summed E-state index contributed by atoms with van der Waals surface area (Å²) < 4.78 is 1.01. The third kappa shape index (κ3) is 2.69. The summed E-state index contributed by atoms with van der Waals surface area (Å²) in [4.78, 5) is 1.10. The van der Waals surface area contributed by atoms with Crippen molar-refractivity contribution in [2.45, 2.75) is 4.90 Å². The molecular formula is C8H11BrN2S. The van der Waals surface area contributed by atoms with Crippen molar-refractivity contribution in [3.63, 3.8) is 0 Å². The number of rotatable bonds is 3. The molecule has 1 aromatic rings. The molecule has 1 rings (SSSR count). The Labute approximate surface area is 84.8 Å². The Morgan fingerprint density at radius 2 is 2.17 bits per heavy atom. The van der Waals surface area contributed by atoms with Crippen LogP contribution in [0.1, 0.15) is 0 Å². The van der Waals surface area contributed by atoms with Crippen molar-refractivity contribution in [1.82, 2.24) is 0 Å². The number of hydrogen-bond acceptors (Lipinski definition) is 3. The lowest BCUT2D eigenvalue weighted by Crippen LogP contribution is -2.01. The first-order valence-corrected chi connectivity index (χ1v) is 5.40. The fraction of sp³-hybridized carbons (Fsp3) is 0.250. The molecule has 0 aliphatic rings. The highest BCUT2D eigenvalue weighted by molar-refractivity contribution is 9.10. The van der Waals surface area contributed by atoms with E-state index in [0.717, 1.165) is 20.8 Å². The summed E-state index contributed by atoms with van der Waals surface area (Å²) in [6, 6.07) is 5.88. The second-order valence-corrected chi connectivity index (χ2v) is 4.37. The van der Waals surface area contributed by atoms with Crippen LogP contribution in [0.25, 0.3) is 0 Å². The van der Waals surface area contributed by atoms with Crippen LogP contribution in [0.5, 0.6) is 0 Å². The first kappa shape index (κ1) is 9.89. The van der Waals surface area contributed by atoms with Crippen molar-refractivity contribution in [3.05, 3.63) is 22.7 Å². The quantitative estimate of drug-likeness (QED) is 0.635. The van der Waals surface area contributed by atoms with Crippen LogP contribution in [0.15, 0.2) is 27.6 Å². The van der Waals surface area contributed by atoms with E-state index >= 15 is 0 Å². The molecule has 2 nitrogen and oxygen atoms in total. The fourth-order valence-electron chi connectivity index (χ4n) is 0.820. The van der Waals surface area contributed by atoms with Crippen molar-refractivity contribution in [2.24, 2.45) is 5.73 Å². The van der Waals surface area contributed by atoms with E-state index in [4.69, 9.17) is 11.5 Å². The van der Waals surface area contributed by atoms with Crippen LogP contribution in [0.2, 0.25) is 0 Å². The molecule has 0 aliphatic heterocycles. The van der Waals surface area contributed by atoms with E-state index in [-0.39, 0.29) is 0 Å². The Hall–Kier alpha value is -0.190. The van der Waals surface area contributed by atoms with Crippen molar-refractivity contribution in [1.29, 1.82) is 0 Å². The number of halogens is 1. The summed E-state index contributed by atoms with van der Waals surface area (Å²) in [5.74, 6) is 0.909. The van der Waals surface area contributed by atoms with Crippen LogP contribution < -0.4 is 11.5 Å². The van der Waals surface area contributed by atoms with Gasteiger partial charge in [-0.05, 0) is 18.2 Å². The maximum absolute atomic E-state index is 5.77. The monoisotopic (exact) mass is 246 g/mol. The molecule has 66 valence electrons. The van der Waals surface area contributed by atoms with Gasteiger partial charge in [-0.1, -0.05) is 15.9 Å². The second kappa shape index (κ2) is 4.74. The molecule has 0 aromatic heterocycles. The minimum absolute atomic E-state index is 0.681. The zero-order valence-electron chi connectivity index (χ0n) is 6.59. The topological polar surface area (TPSA) is 52.0 Å². The average molecular weight is 247 g/mol. The molecule has 4 heteroatoms. The normalized spacial score (nSPS) is 10.2. The Bertz CT molecular complexity index is 265. The van der Waals surface area contributed by atoms with Gasteiger partial charge >= 0.3 is 0 Å². The highest BCUT2D eigenvalue weighted by Gasteiger charge is 1.98. The number of anilines is 1. The molecule has 4 N–H and O–H groups in total. The summed E-state index contributed by atoms with van der Waals surface area (Å²) in [5, 5.41) is 0. The molecule has 0 fully saturated rings. The van der Waals surface area contributed by atoms with Crippen LogP contribution in [0.3, 0.4) is 0 Å². The lowest BCUT2D eigenvalue weighted by atomic mass is 10.3. The summed E-state index contributed by atoms with van der Waals surface area (Å²) in [6.07, 6.45) is 0. The third-order valence-corrected chi connectivity index (χ3v) is 2.96. The van der Waals surface area contributed by atoms with E-state index in [1.165, 1.54) is 0 Å². The van der Waals surface area contributed by atoms with Gasteiger partial charge in [0.15, 0.2) is 0 Å². The number of hydrogen-bond donors (Lipinski definition) is 2. The van der Waals surface area contributed by atoms with Gasteiger partial charge in [-0.3, -0.25) is 0 Å². The number of nitrogen functional groups attached to an aromatic ring is 1. The maximum Gasteiger partial charge on any atom is 0.0463 e. The highest BCUT2D eigenvalue weighted by Crippen LogP contribution is 2.27. The minimum Gasteiger partial charge on any atom is -0.398 e. The second-order valence-electron chi connectivity index (χ2n) is 2.32. The first-order chi connectivity index (χ1) is 5.74. The van der Waals surface area contributed by atoms with Crippen molar-refractivity contribution >= 4 is 33.4 Å². The predicted octanol–water partition coefficient (Wildman–Crippen LogP) is 2.08. The standard InChI is InChI=1S/C8H11BrN2S/c9-6-1-2-8(7(11)5-6)12-4-3-10/h1-2,5H,3-4,10-11H2. The van der Waals surface area contributed by atoms with Gasteiger partial charge in [-0.25, -0.2) is 0 Å². The maximum atomic E-state index is 5.77. The predicted molar refractivity (Wildman–Crippen MR) is 58.3 cm³/mol. The lowest BCUT2D eigenvalue weighted by molar-refractivity contribution is 1.15. The van der Waals surface area contributed by atoms with Crippen LogP contribution in [0, 0.1) is 0 Å². The van der Waals surface area contributed by atoms with Crippen molar-refractivity contribution in [3.8, 4) is 0 Å². The van der Waals surface area contributed by atoms with Gasteiger partial charge in [-0.15, -0.1) is 11.8 Å². The molecule has 0 radical (unpaired) electrons. The van der Waals surface area contributed by atoms with Gasteiger partial charge in [0.05, 0.1) is 0 Å². The molecule has 0 saturated heterocycles. The summed E-state index contributed by atoms with van der Waals surface area (Å²) in [7, 11) is 0. The Kier molecular flexibility index (Phi) is 3.91. The van der Waals surface area contributed by atoms with Gasteiger partial charge < -0.3 is 11.5 Å². The van der Waals surface area contributed by atoms with Gasteiger partial charge in [-0.2, -0.15) is 0 Å². The van der Waals surface area contributed by atoms with Crippen molar-refractivity contribution in [2.75, 3.05) is 18.0 Å². The molecule has 0 heterocycles. The number of nitrogens with two attached hydrogens (primary N) is 2. The van der Waals surface area contributed by atoms with E-state index in [2.05, 4.69) is 15.9 Å². The van der Waals surface area contributed by atoms with Crippen LogP contribution in [-0.4, -0.2) is 12.3 Å². The van der Waals surface area contributed by atoms with Crippen LogP contribution in [-0.2, 0) is 0 Å². The third-order valence-electron chi connectivity index (χ3n) is 1.35. The van der Waals surface area contributed by atoms with Crippen LogP contribution in [0.4, 0.5) is 5.69 Å². The Balaban J connectivity index is 2.72. The SMILES string of the molecule is NCCSc1ccc(Br)cc1N. The smallest absolute Gasteiger partial charge is 0.0463 e. The van der Waals surface area contributed by atoms with Crippen LogP contribution >= 0.6 is 27.7 Å². The van der Waals surface area contributed by atoms with Gasteiger partial charge in [0.25, 0.3) is 0 Å². The van der Waals surface area contributed by atoms with Gasteiger partial charge in [0.2, 0.25) is 0 Å². The molecule has 12 heavy (non-hydrogen) atoms. The van der Waals surface area contributed by atoms with E-state index in [0.29, 0.717) is 6.54 Å². The Morgan fingerprint density at radius 3 is 2.75 bits per heavy atom. The minimum atomic E-state index is 0.681. The lowest BCUT2D eigenvalue weighted by Gasteiger charge is -2.03. The fourth-order valence-corrected chi connectivity index (χ4v) is 1.93. The molecule has 0 spiro atoms. The number of thioether (sulfide) groups is 1. The zero-order chi connectivity index (χ0) is 8.97. The molecule has 1 aromatic carbocycles. The van der Waals surface area contributed by atoms with Crippen molar-refractivity contribution < 1.29 is 0 Å².